The van der Waals surface area contributed by atoms with Crippen LogP contribution in [0.5, 0.6) is 0 Å². The Morgan fingerprint density at radius 1 is 1.37 bits per heavy atom. The molecule has 1 aliphatic heterocycles. The second-order valence-electron chi connectivity index (χ2n) is 8.06. The smallest absolute Gasteiger partial charge is 0.348 e. The number of fused-ring (bicyclic) bond motifs is 1. The lowest BCUT2D eigenvalue weighted by molar-refractivity contribution is -0.118. The van der Waals surface area contributed by atoms with Crippen LogP contribution in [0.3, 0.4) is 0 Å². The number of halogens is 1. The van der Waals surface area contributed by atoms with Crippen molar-refractivity contribution in [3.8, 4) is 0 Å². The van der Waals surface area contributed by atoms with E-state index in [1.54, 1.807) is 24.5 Å². The summed E-state index contributed by atoms with van der Waals surface area (Å²) in [7, 11) is 0. The molecule has 186 valence electrons. The fraction of sp³-hybridized carbons (Fsp3) is 0.417. The minimum Gasteiger partial charge on any atom is -0.462 e. The van der Waals surface area contributed by atoms with Gasteiger partial charge in [-0.3, -0.25) is 14.2 Å². The third-order valence-corrected chi connectivity index (χ3v) is 8.16. The minimum atomic E-state index is -0.466. The maximum atomic E-state index is 13.5. The summed E-state index contributed by atoms with van der Waals surface area (Å²) in [5.74, 6) is -0.600. The van der Waals surface area contributed by atoms with E-state index in [0.29, 0.717) is 50.5 Å². The molecule has 35 heavy (non-hydrogen) atoms. The van der Waals surface area contributed by atoms with Gasteiger partial charge < -0.3 is 14.8 Å². The van der Waals surface area contributed by atoms with E-state index in [-0.39, 0.29) is 29.9 Å². The number of benzene rings is 1. The van der Waals surface area contributed by atoms with Crippen molar-refractivity contribution in [3.05, 3.63) is 55.6 Å². The molecule has 0 spiro atoms. The zero-order valence-corrected chi connectivity index (χ0v) is 21.9. The SMILES string of the molecule is CCOC(=O)c1sc2nc(SCC(=O)NCc3ccccc3Cl)n(C[C@H]3CCCO3)c(=O)c2c1C. The molecule has 1 atom stereocenters. The van der Waals surface area contributed by atoms with Gasteiger partial charge >= 0.3 is 5.97 Å². The first-order valence-electron chi connectivity index (χ1n) is 11.3. The van der Waals surface area contributed by atoms with E-state index in [0.717, 1.165) is 29.7 Å². The third kappa shape index (κ3) is 5.88. The molecule has 1 amide bonds. The number of hydrogen-bond donors (Lipinski definition) is 1. The van der Waals surface area contributed by atoms with Gasteiger partial charge in [-0.05, 0) is 43.9 Å². The van der Waals surface area contributed by atoms with E-state index in [2.05, 4.69) is 10.3 Å². The molecule has 1 aliphatic rings. The summed E-state index contributed by atoms with van der Waals surface area (Å²) in [6, 6.07) is 7.32. The van der Waals surface area contributed by atoms with Crippen LogP contribution in [0.15, 0.2) is 34.2 Å². The highest BCUT2D eigenvalue weighted by Gasteiger charge is 2.25. The summed E-state index contributed by atoms with van der Waals surface area (Å²) in [5.41, 5.74) is 1.15. The number of esters is 1. The summed E-state index contributed by atoms with van der Waals surface area (Å²) in [6.07, 6.45) is 1.69. The number of hydrogen-bond acceptors (Lipinski definition) is 8. The van der Waals surface area contributed by atoms with E-state index in [1.807, 2.05) is 18.2 Å². The van der Waals surface area contributed by atoms with Gasteiger partial charge in [0, 0.05) is 18.2 Å². The summed E-state index contributed by atoms with van der Waals surface area (Å²) >= 11 is 8.48. The molecule has 0 unspecified atom stereocenters. The lowest BCUT2D eigenvalue weighted by Gasteiger charge is -2.16. The summed E-state index contributed by atoms with van der Waals surface area (Å²) in [4.78, 5) is 44.0. The van der Waals surface area contributed by atoms with Crippen LogP contribution >= 0.6 is 34.7 Å². The maximum Gasteiger partial charge on any atom is 0.348 e. The lowest BCUT2D eigenvalue weighted by atomic mass is 10.2. The van der Waals surface area contributed by atoms with Crippen LogP contribution in [-0.2, 0) is 27.4 Å². The first kappa shape index (κ1) is 25.7. The molecular weight excluding hydrogens is 510 g/mol. The second kappa shape index (κ2) is 11.6. The number of carbonyl (C=O) groups is 2. The molecule has 11 heteroatoms. The Hall–Kier alpha value is -2.40. The zero-order chi connectivity index (χ0) is 24.9. The molecule has 1 N–H and O–H groups in total. The van der Waals surface area contributed by atoms with E-state index < -0.39 is 5.97 Å². The van der Waals surface area contributed by atoms with Gasteiger partial charge in [0.15, 0.2) is 5.16 Å². The molecular formula is C24H26ClN3O5S2. The number of thiophene rings is 1. The van der Waals surface area contributed by atoms with Crippen molar-refractivity contribution in [2.75, 3.05) is 19.0 Å². The summed E-state index contributed by atoms with van der Waals surface area (Å²) < 4.78 is 12.5. The molecule has 3 aromatic rings. The van der Waals surface area contributed by atoms with Gasteiger partial charge in [0.25, 0.3) is 5.56 Å². The van der Waals surface area contributed by atoms with Crippen LogP contribution in [0, 0.1) is 6.92 Å². The first-order valence-corrected chi connectivity index (χ1v) is 13.5. The second-order valence-corrected chi connectivity index (χ2v) is 10.4. The molecule has 1 saturated heterocycles. The number of aryl methyl sites for hydroxylation is 1. The largest absolute Gasteiger partial charge is 0.462 e. The third-order valence-electron chi connectivity index (χ3n) is 5.65. The van der Waals surface area contributed by atoms with Crippen molar-refractivity contribution in [2.24, 2.45) is 0 Å². The molecule has 4 rings (SSSR count). The topological polar surface area (TPSA) is 99.5 Å². The van der Waals surface area contributed by atoms with E-state index in [9.17, 15) is 14.4 Å². The molecule has 0 aliphatic carbocycles. The van der Waals surface area contributed by atoms with Crippen LogP contribution in [-0.4, -0.2) is 46.5 Å². The Labute approximate surface area is 216 Å². The highest BCUT2D eigenvalue weighted by molar-refractivity contribution is 7.99. The van der Waals surface area contributed by atoms with Crippen LogP contribution in [0.4, 0.5) is 0 Å². The molecule has 2 aromatic heterocycles. The van der Waals surface area contributed by atoms with Crippen LogP contribution in [0.25, 0.3) is 10.2 Å². The van der Waals surface area contributed by atoms with Gasteiger partial charge in [-0.25, -0.2) is 9.78 Å². The summed E-state index contributed by atoms with van der Waals surface area (Å²) in [6.45, 7) is 5.02. The van der Waals surface area contributed by atoms with E-state index in [1.165, 1.54) is 11.8 Å². The Balaban J connectivity index is 1.59. The van der Waals surface area contributed by atoms with Crippen molar-refractivity contribution < 1.29 is 19.1 Å². The van der Waals surface area contributed by atoms with E-state index >= 15 is 0 Å². The normalized spacial score (nSPS) is 15.5. The summed E-state index contributed by atoms with van der Waals surface area (Å²) in [5, 5.41) is 4.27. The maximum absolute atomic E-state index is 13.5. The number of amides is 1. The fourth-order valence-electron chi connectivity index (χ4n) is 3.87. The van der Waals surface area contributed by atoms with Crippen molar-refractivity contribution in [2.45, 2.75) is 51.0 Å². The van der Waals surface area contributed by atoms with Gasteiger partial charge in [-0.15, -0.1) is 11.3 Å². The Morgan fingerprint density at radius 3 is 2.89 bits per heavy atom. The van der Waals surface area contributed by atoms with Crippen molar-refractivity contribution >= 4 is 56.8 Å². The zero-order valence-electron chi connectivity index (χ0n) is 19.5. The highest BCUT2D eigenvalue weighted by Crippen LogP contribution is 2.30. The van der Waals surface area contributed by atoms with Crippen LogP contribution < -0.4 is 10.9 Å². The van der Waals surface area contributed by atoms with Crippen molar-refractivity contribution in [1.29, 1.82) is 0 Å². The monoisotopic (exact) mass is 535 g/mol. The highest BCUT2D eigenvalue weighted by atomic mass is 35.5. The number of thioether (sulfide) groups is 1. The molecule has 1 fully saturated rings. The minimum absolute atomic E-state index is 0.0724. The number of nitrogens with one attached hydrogen (secondary N) is 1. The molecule has 0 saturated carbocycles. The number of rotatable bonds is 9. The molecule has 8 nitrogen and oxygen atoms in total. The Kier molecular flexibility index (Phi) is 8.48. The van der Waals surface area contributed by atoms with Gasteiger partial charge in [-0.1, -0.05) is 41.6 Å². The standard InChI is InChI=1S/C24H26ClN3O5S2/c1-3-32-23(31)20-14(2)19-21(35-20)27-24(28(22(19)30)12-16-8-6-10-33-16)34-13-18(29)26-11-15-7-4-5-9-17(15)25/h4-5,7,9,16H,3,6,8,10-13H2,1-2H3,(H,26,29)/t16-/m1/s1. The van der Waals surface area contributed by atoms with Crippen molar-refractivity contribution in [3.63, 3.8) is 0 Å². The van der Waals surface area contributed by atoms with E-state index in [4.69, 9.17) is 21.1 Å². The van der Waals surface area contributed by atoms with Crippen molar-refractivity contribution in [1.82, 2.24) is 14.9 Å². The van der Waals surface area contributed by atoms with Gasteiger partial charge in [0.05, 0.1) is 30.4 Å². The Morgan fingerprint density at radius 2 is 2.17 bits per heavy atom. The Bertz CT molecular complexity index is 1300. The quantitative estimate of drug-likeness (QED) is 0.249. The molecule has 0 radical (unpaired) electrons. The molecule has 3 heterocycles. The number of aromatic nitrogens is 2. The lowest BCUT2D eigenvalue weighted by Crippen LogP contribution is -2.30. The molecule has 0 bridgehead atoms. The number of nitrogens with zero attached hydrogens (tertiary/aromatic N) is 2. The average molecular weight is 536 g/mol. The van der Waals surface area contributed by atoms with Gasteiger partial charge in [0.1, 0.15) is 9.71 Å². The predicted molar refractivity (Wildman–Crippen MR) is 138 cm³/mol. The number of carbonyl (C=O) groups excluding carboxylic acids is 2. The van der Waals surface area contributed by atoms with Gasteiger partial charge in [-0.2, -0.15) is 0 Å². The predicted octanol–water partition coefficient (Wildman–Crippen LogP) is 4.18. The van der Waals surface area contributed by atoms with Crippen LogP contribution in [0.1, 0.15) is 40.6 Å². The van der Waals surface area contributed by atoms with Crippen LogP contribution in [0.2, 0.25) is 5.02 Å². The fourth-order valence-corrected chi connectivity index (χ4v) is 6.03. The molecule has 1 aromatic carbocycles. The first-order chi connectivity index (χ1) is 16.9. The number of ether oxygens (including phenoxy) is 2. The van der Waals surface area contributed by atoms with Gasteiger partial charge in [0.2, 0.25) is 5.91 Å². The average Bonchev–Trinajstić information content (AvgIpc) is 3.47.